The fourth-order valence-electron chi connectivity index (χ4n) is 2.77. The van der Waals surface area contributed by atoms with Crippen LogP contribution < -0.4 is 0 Å². The second kappa shape index (κ2) is 7.29. The molecule has 0 fully saturated rings. The SMILES string of the molecule is CCCCC(C)(C)c1[c]c(C(C)(C)CCCC)ccc1. The van der Waals surface area contributed by atoms with Gasteiger partial charge in [-0.25, -0.2) is 0 Å². The molecule has 0 aliphatic heterocycles. The monoisotopic (exact) mass is 273 g/mol. The Kier molecular flexibility index (Phi) is 6.30. The molecular weight excluding hydrogens is 240 g/mol. The Morgan fingerprint density at radius 1 is 0.800 bits per heavy atom. The standard InChI is InChI=1S/C20H33/c1-7-9-14-19(3,4)17-12-11-13-18(16-17)20(5,6)15-10-8-2/h11-13H,7-10,14-15H2,1-6H3. The van der Waals surface area contributed by atoms with Gasteiger partial charge in [0.2, 0.25) is 0 Å². The van der Waals surface area contributed by atoms with E-state index >= 15 is 0 Å². The molecule has 0 aliphatic carbocycles. The maximum atomic E-state index is 3.74. The second-order valence-corrected chi connectivity index (χ2v) is 7.45. The highest BCUT2D eigenvalue weighted by Gasteiger charge is 2.24. The Morgan fingerprint density at radius 3 is 1.55 bits per heavy atom. The van der Waals surface area contributed by atoms with E-state index in [-0.39, 0.29) is 10.8 Å². The van der Waals surface area contributed by atoms with Crippen LogP contribution in [0, 0.1) is 6.07 Å². The van der Waals surface area contributed by atoms with Crippen LogP contribution in [0.15, 0.2) is 18.2 Å². The molecule has 1 radical (unpaired) electrons. The smallest absolute Gasteiger partial charge is 0.00973 e. The van der Waals surface area contributed by atoms with E-state index in [0.29, 0.717) is 0 Å². The second-order valence-electron chi connectivity index (χ2n) is 7.45. The van der Waals surface area contributed by atoms with E-state index in [9.17, 15) is 0 Å². The van der Waals surface area contributed by atoms with Crippen molar-refractivity contribution in [2.45, 2.75) is 90.9 Å². The minimum Gasteiger partial charge on any atom is -0.0654 e. The van der Waals surface area contributed by atoms with Crippen molar-refractivity contribution in [3.63, 3.8) is 0 Å². The number of rotatable bonds is 8. The lowest BCUT2D eigenvalue weighted by Gasteiger charge is -2.29. The van der Waals surface area contributed by atoms with Crippen LogP contribution in [0.3, 0.4) is 0 Å². The van der Waals surface area contributed by atoms with Crippen LogP contribution in [-0.4, -0.2) is 0 Å². The molecule has 113 valence electrons. The lowest BCUT2D eigenvalue weighted by molar-refractivity contribution is 0.442. The molecule has 0 bridgehead atoms. The third kappa shape index (κ3) is 4.65. The molecule has 0 unspecified atom stereocenters. The Morgan fingerprint density at radius 2 is 1.20 bits per heavy atom. The number of unbranched alkanes of at least 4 members (excludes halogenated alkanes) is 2. The normalized spacial score (nSPS) is 12.7. The molecule has 0 aliphatic rings. The predicted octanol–water partition coefficient (Wildman–Crippen LogP) is 6.42. The molecule has 0 amide bonds. The van der Waals surface area contributed by atoms with E-state index in [1.165, 1.54) is 49.7 Å². The van der Waals surface area contributed by atoms with Gasteiger partial charge in [0.05, 0.1) is 0 Å². The highest BCUT2D eigenvalue weighted by molar-refractivity contribution is 5.31. The summed E-state index contributed by atoms with van der Waals surface area (Å²) in [6.45, 7) is 14.0. The third-order valence-electron chi connectivity index (χ3n) is 4.56. The lowest BCUT2D eigenvalue weighted by atomic mass is 9.75. The largest absolute Gasteiger partial charge is 0.0654 e. The van der Waals surface area contributed by atoms with Crippen molar-refractivity contribution < 1.29 is 0 Å². The van der Waals surface area contributed by atoms with Crippen molar-refractivity contribution in [1.29, 1.82) is 0 Å². The zero-order valence-electron chi connectivity index (χ0n) is 14.5. The summed E-state index contributed by atoms with van der Waals surface area (Å²) < 4.78 is 0. The molecule has 1 rings (SSSR count). The third-order valence-corrected chi connectivity index (χ3v) is 4.56. The van der Waals surface area contributed by atoms with Crippen LogP contribution in [0.2, 0.25) is 0 Å². The lowest BCUT2D eigenvalue weighted by Crippen LogP contribution is -2.21. The summed E-state index contributed by atoms with van der Waals surface area (Å²) in [5.74, 6) is 0. The van der Waals surface area contributed by atoms with Gasteiger partial charge in [-0.2, -0.15) is 0 Å². The number of benzene rings is 1. The summed E-state index contributed by atoms with van der Waals surface area (Å²) >= 11 is 0. The van der Waals surface area contributed by atoms with Crippen LogP contribution in [0.25, 0.3) is 0 Å². The fourth-order valence-corrected chi connectivity index (χ4v) is 2.77. The van der Waals surface area contributed by atoms with E-state index in [4.69, 9.17) is 0 Å². The Bertz CT molecular complexity index is 363. The minimum atomic E-state index is 0.243. The first-order valence-electron chi connectivity index (χ1n) is 8.37. The summed E-state index contributed by atoms with van der Waals surface area (Å²) in [4.78, 5) is 0. The molecule has 0 heteroatoms. The van der Waals surface area contributed by atoms with Gasteiger partial charge in [-0.1, -0.05) is 85.4 Å². The van der Waals surface area contributed by atoms with E-state index < -0.39 is 0 Å². The van der Waals surface area contributed by atoms with Gasteiger partial charge >= 0.3 is 0 Å². The van der Waals surface area contributed by atoms with Crippen molar-refractivity contribution in [2.24, 2.45) is 0 Å². The maximum Gasteiger partial charge on any atom is -0.00973 e. The van der Waals surface area contributed by atoms with Crippen LogP contribution in [0.4, 0.5) is 0 Å². The van der Waals surface area contributed by atoms with Crippen LogP contribution >= 0.6 is 0 Å². The zero-order valence-corrected chi connectivity index (χ0v) is 14.5. The molecule has 0 nitrogen and oxygen atoms in total. The molecule has 0 atom stereocenters. The molecular formula is C20H33. The van der Waals surface area contributed by atoms with E-state index in [0.717, 1.165) is 0 Å². The molecule has 20 heavy (non-hydrogen) atoms. The number of hydrogen-bond acceptors (Lipinski definition) is 0. The molecule has 1 aromatic rings. The Labute approximate surface area is 127 Å². The Hall–Kier alpha value is -0.780. The predicted molar refractivity (Wildman–Crippen MR) is 90.4 cm³/mol. The van der Waals surface area contributed by atoms with Crippen LogP contribution in [0.1, 0.15) is 91.2 Å². The Balaban J connectivity index is 2.95. The van der Waals surface area contributed by atoms with Crippen molar-refractivity contribution in [3.05, 3.63) is 35.4 Å². The van der Waals surface area contributed by atoms with Crippen LogP contribution in [0.5, 0.6) is 0 Å². The van der Waals surface area contributed by atoms with Gasteiger partial charge in [-0.15, -0.1) is 0 Å². The van der Waals surface area contributed by atoms with Gasteiger partial charge in [0.25, 0.3) is 0 Å². The summed E-state index contributed by atoms with van der Waals surface area (Å²) in [7, 11) is 0. The van der Waals surface area contributed by atoms with E-state index in [2.05, 4.69) is 65.8 Å². The van der Waals surface area contributed by atoms with Crippen LogP contribution in [-0.2, 0) is 10.8 Å². The first-order valence-corrected chi connectivity index (χ1v) is 8.37. The molecule has 0 saturated heterocycles. The van der Waals surface area contributed by atoms with Gasteiger partial charge in [0.1, 0.15) is 0 Å². The quantitative estimate of drug-likeness (QED) is 0.512. The van der Waals surface area contributed by atoms with E-state index in [1.54, 1.807) is 0 Å². The van der Waals surface area contributed by atoms with E-state index in [1.807, 2.05) is 0 Å². The molecule has 0 N–H and O–H groups in total. The summed E-state index contributed by atoms with van der Waals surface area (Å²) in [6.07, 6.45) is 7.63. The average Bonchev–Trinajstić information content (AvgIpc) is 2.43. The van der Waals surface area contributed by atoms with Gasteiger partial charge < -0.3 is 0 Å². The highest BCUT2D eigenvalue weighted by atomic mass is 14.3. The first-order chi connectivity index (χ1) is 9.33. The molecule has 0 aromatic heterocycles. The zero-order chi connectivity index (χ0) is 15.2. The van der Waals surface area contributed by atoms with Crippen molar-refractivity contribution in [2.75, 3.05) is 0 Å². The average molecular weight is 273 g/mol. The van der Waals surface area contributed by atoms with Gasteiger partial charge in [0, 0.05) is 0 Å². The summed E-state index contributed by atoms with van der Waals surface area (Å²) in [5, 5.41) is 0. The van der Waals surface area contributed by atoms with Crippen molar-refractivity contribution in [1.82, 2.24) is 0 Å². The molecule has 0 heterocycles. The minimum absolute atomic E-state index is 0.243. The first kappa shape index (κ1) is 17.3. The maximum absolute atomic E-state index is 3.74. The van der Waals surface area contributed by atoms with Crippen molar-refractivity contribution in [3.8, 4) is 0 Å². The number of hydrogen-bond donors (Lipinski definition) is 0. The highest BCUT2D eigenvalue weighted by Crippen LogP contribution is 2.34. The van der Waals surface area contributed by atoms with Gasteiger partial charge in [-0.3, -0.25) is 0 Å². The topological polar surface area (TPSA) is 0 Å². The molecule has 0 spiro atoms. The molecule has 0 saturated carbocycles. The summed E-state index contributed by atoms with van der Waals surface area (Å²) in [5.41, 5.74) is 3.25. The molecule has 1 aromatic carbocycles. The van der Waals surface area contributed by atoms with Gasteiger partial charge in [0.15, 0.2) is 0 Å². The summed E-state index contributed by atoms with van der Waals surface area (Å²) in [6, 6.07) is 10.5. The fraction of sp³-hybridized carbons (Fsp3) is 0.700. The van der Waals surface area contributed by atoms with Crippen molar-refractivity contribution >= 4 is 0 Å². The van der Waals surface area contributed by atoms with Gasteiger partial charge in [-0.05, 0) is 40.9 Å².